The Bertz CT molecular complexity index is 821. The van der Waals surface area contributed by atoms with Gasteiger partial charge in [-0.2, -0.15) is 0 Å². The average molecular weight is 344 g/mol. The Kier molecular flexibility index (Phi) is 4.53. The fraction of sp³-hybridized carbons (Fsp3) is 0.263. The number of benzene rings is 2. The number of hydrogen-bond acceptors (Lipinski definition) is 2. The number of hydrogen-bond donors (Lipinski definition) is 0. The predicted octanol–water partition coefficient (Wildman–Crippen LogP) is 3.15. The van der Waals surface area contributed by atoms with E-state index in [1.807, 2.05) is 0 Å². The number of carbonyl (C=O) groups is 2. The van der Waals surface area contributed by atoms with Crippen molar-refractivity contribution in [1.82, 2.24) is 4.90 Å². The quantitative estimate of drug-likeness (QED) is 0.840. The smallest absolute Gasteiger partial charge is 0.254 e. The van der Waals surface area contributed by atoms with Crippen molar-refractivity contribution in [3.8, 4) is 0 Å². The van der Waals surface area contributed by atoms with Gasteiger partial charge in [0, 0.05) is 24.3 Å². The zero-order valence-electron chi connectivity index (χ0n) is 14.0. The lowest BCUT2D eigenvalue weighted by atomic mass is 10.1. The van der Waals surface area contributed by atoms with Crippen LogP contribution in [0, 0.1) is 18.6 Å². The summed E-state index contributed by atoms with van der Waals surface area (Å²) in [6, 6.07) is 9.19. The largest absolute Gasteiger partial charge is 0.325 e. The van der Waals surface area contributed by atoms with Crippen molar-refractivity contribution in [2.24, 2.45) is 0 Å². The molecule has 0 aromatic heterocycles. The van der Waals surface area contributed by atoms with Gasteiger partial charge in [-0.1, -0.05) is 6.07 Å². The fourth-order valence-corrected chi connectivity index (χ4v) is 2.91. The van der Waals surface area contributed by atoms with E-state index in [-0.39, 0.29) is 24.2 Å². The van der Waals surface area contributed by atoms with Gasteiger partial charge in [0.05, 0.1) is 0 Å². The normalized spacial score (nSPS) is 17.8. The van der Waals surface area contributed by atoms with Gasteiger partial charge in [0.25, 0.3) is 5.91 Å². The Morgan fingerprint density at radius 2 is 1.76 bits per heavy atom. The van der Waals surface area contributed by atoms with Crippen LogP contribution < -0.4 is 4.90 Å². The Hall–Kier alpha value is -2.76. The van der Waals surface area contributed by atoms with Crippen LogP contribution in [0.3, 0.4) is 0 Å². The lowest BCUT2D eigenvalue weighted by Gasteiger charge is -2.39. The summed E-state index contributed by atoms with van der Waals surface area (Å²) in [7, 11) is 0. The number of amides is 2. The molecule has 0 spiro atoms. The average Bonchev–Trinajstić information content (AvgIpc) is 2.60. The minimum atomic E-state index is -0.685. The summed E-state index contributed by atoms with van der Waals surface area (Å²) in [4.78, 5) is 28.2. The second-order valence-corrected chi connectivity index (χ2v) is 6.10. The molecule has 0 saturated carbocycles. The van der Waals surface area contributed by atoms with Crippen LogP contribution >= 0.6 is 0 Å². The van der Waals surface area contributed by atoms with Gasteiger partial charge in [-0.3, -0.25) is 9.59 Å². The maximum atomic E-state index is 13.8. The molecule has 0 radical (unpaired) electrons. The molecule has 4 nitrogen and oxygen atoms in total. The number of piperazine rings is 1. The fourth-order valence-electron chi connectivity index (χ4n) is 2.91. The van der Waals surface area contributed by atoms with Crippen LogP contribution in [0.15, 0.2) is 42.5 Å². The topological polar surface area (TPSA) is 40.6 Å². The minimum absolute atomic E-state index is 0.273. The molecule has 6 heteroatoms. The van der Waals surface area contributed by atoms with E-state index in [1.165, 1.54) is 40.1 Å². The van der Waals surface area contributed by atoms with Crippen LogP contribution in [0.1, 0.15) is 22.8 Å². The molecule has 0 unspecified atom stereocenters. The zero-order chi connectivity index (χ0) is 18.1. The van der Waals surface area contributed by atoms with E-state index < -0.39 is 11.9 Å². The number of halogens is 2. The molecule has 1 saturated heterocycles. The van der Waals surface area contributed by atoms with Gasteiger partial charge in [-0.25, -0.2) is 8.78 Å². The highest BCUT2D eigenvalue weighted by Gasteiger charge is 2.35. The molecule has 1 atom stereocenters. The second-order valence-electron chi connectivity index (χ2n) is 6.10. The summed E-state index contributed by atoms with van der Waals surface area (Å²) >= 11 is 0. The molecule has 2 aromatic rings. The summed E-state index contributed by atoms with van der Waals surface area (Å²) in [6.45, 7) is 3.89. The van der Waals surface area contributed by atoms with Crippen LogP contribution in [0.4, 0.5) is 14.5 Å². The Balaban J connectivity index is 1.80. The minimum Gasteiger partial charge on any atom is -0.325 e. The van der Waals surface area contributed by atoms with E-state index in [9.17, 15) is 18.4 Å². The lowest BCUT2D eigenvalue weighted by molar-refractivity contribution is -0.124. The summed E-state index contributed by atoms with van der Waals surface area (Å²) in [5.74, 6) is -1.39. The van der Waals surface area contributed by atoms with E-state index in [4.69, 9.17) is 0 Å². The van der Waals surface area contributed by atoms with Crippen molar-refractivity contribution in [2.75, 3.05) is 18.0 Å². The molecule has 130 valence electrons. The molecule has 25 heavy (non-hydrogen) atoms. The highest BCUT2D eigenvalue weighted by molar-refractivity contribution is 6.03. The lowest BCUT2D eigenvalue weighted by Crippen LogP contribution is -2.57. The SMILES string of the molecule is Cc1ccc(N2CCN(C(=O)c3ccc(F)cc3)[C@@H](C)C2=O)cc1F. The molecule has 1 aliphatic rings. The van der Waals surface area contributed by atoms with Crippen molar-refractivity contribution < 1.29 is 18.4 Å². The Morgan fingerprint density at radius 3 is 2.40 bits per heavy atom. The summed E-state index contributed by atoms with van der Waals surface area (Å²) in [5.41, 5.74) is 1.32. The van der Waals surface area contributed by atoms with Gasteiger partial charge in [0.1, 0.15) is 17.7 Å². The molecule has 0 bridgehead atoms. The molecule has 1 fully saturated rings. The third kappa shape index (κ3) is 3.24. The second kappa shape index (κ2) is 6.63. The van der Waals surface area contributed by atoms with Gasteiger partial charge < -0.3 is 9.80 Å². The molecular formula is C19H18F2N2O2. The molecule has 1 heterocycles. The molecule has 0 N–H and O–H groups in total. The zero-order valence-corrected chi connectivity index (χ0v) is 14.0. The van der Waals surface area contributed by atoms with E-state index in [0.29, 0.717) is 23.4 Å². The van der Waals surface area contributed by atoms with Crippen molar-refractivity contribution >= 4 is 17.5 Å². The van der Waals surface area contributed by atoms with Crippen molar-refractivity contribution in [2.45, 2.75) is 19.9 Å². The number of carbonyl (C=O) groups excluding carboxylic acids is 2. The van der Waals surface area contributed by atoms with Crippen LogP contribution in [-0.4, -0.2) is 35.8 Å². The number of rotatable bonds is 2. The Morgan fingerprint density at radius 1 is 1.08 bits per heavy atom. The van der Waals surface area contributed by atoms with E-state index in [1.54, 1.807) is 26.0 Å². The molecule has 2 amide bonds. The molecular weight excluding hydrogens is 326 g/mol. The first-order valence-corrected chi connectivity index (χ1v) is 8.02. The van der Waals surface area contributed by atoms with Crippen LogP contribution in [0.25, 0.3) is 0 Å². The van der Waals surface area contributed by atoms with E-state index >= 15 is 0 Å². The molecule has 1 aliphatic heterocycles. The highest BCUT2D eigenvalue weighted by Crippen LogP contribution is 2.23. The number of anilines is 1. The monoisotopic (exact) mass is 344 g/mol. The van der Waals surface area contributed by atoms with Crippen LogP contribution in [-0.2, 0) is 4.79 Å². The maximum Gasteiger partial charge on any atom is 0.254 e. The van der Waals surface area contributed by atoms with Gasteiger partial charge in [-0.05, 0) is 55.8 Å². The molecule has 0 aliphatic carbocycles. The van der Waals surface area contributed by atoms with Gasteiger partial charge in [-0.15, -0.1) is 0 Å². The number of nitrogens with zero attached hydrogens (tertiary/aromatic N) is 2. The summed E-state index contributed by atoms with van der Waals surface area (Å²) in [6.07, 6.45) is 0. The van der Waals surface area contributed by atoms with Crippen molar-refractivity contribution in [3.63, 3.8) is 0 Å². The third-order valence-corrected chi connectivity index (χ3v) is 4.47. The van der Waals surface area contributed by atoms with E-state index in [0.717, 1.165) is 0 Å². The predicted molar refractivity (Wildman–Crippen MR) is 90.4 cm³/mol. The first-order valence-electron chi connectivity index (χ1n) is 8.02. The summed E-state index contributed by atoms with van der Waals surface area (Å²) < 4.78 is 26.8. The van der Waals surface area contributed by atoms with E-state index in [2.05, 4.69) is 0 Å². The first-order chi connectivity index (χ1) is 11.9. The molecule has 2 aromatic carbocycles. The van der Waals surface area contributed by atoms with Gasteiger partial charge in [0.15, 0.2) is 0 Å². The maximum absolute atomic E-state index is 13.8. The van der Waals surface area contributed by atoms with Crippen LogP contribution in [0.5, 0.6) is 0 Å². The third-order valence-electron chi connectivity index (χ3n) is 4.47. The van der Waals surface area contributed by atoms with Gasteiger partial charge in [0.2, 0.25) is 5.91 Å². The molecule has 3 rings (SSSR count). The highest BCUT2D eigenvalue weighted by atomic mass is 19.1. The van der Waals surface area contributed by atoms with Crippen LogP contribution in [0.2, 0.25) is 0 Å². The standard InChI is InChI=1S/C19H18F2N2O2/c1-12-3-8-16(11-17(12)21)23-10-9-22(13(2)18(23)24)19(25)14-4-6-15(20)7-5-14/h3-8,11,13H,9-10H2,1-2H3/t13-/m0/s1. The summed E-state index contributed by atoms with van der Waals surface area (Å²) in [5, 5.41) is 0. The first kappa shape index (κ1) is 17.1. The Labute approximate surface area is 144 Å². The van der Waals surface area contributed by atoms with Gasteiger partial charge >= 0.3 is 0 Å². The number of aryl methyl sites for hydroxylation is 1. The van der Waals surface area contributed by atoms with Crippen molar-refractivity contribution in [1.29, 1.82) is 0 Å². The van der Waals surface area contributed by atoms with Crippen molar-refractivity contribution in [3.05, 3.63) is 65.2 Å².